The van der Waals surface area contributed by atoms with Crippen LogP contribution in [-0.2, 0) is 17.8 Å². The highest BCUT2D eigenvalue weighted by Gasteiger charge is 2.19. The number of rotatable bonds is 5. The summed E-state index contributed by atoms with van der Waals surface area (Å²) >= 11 is 6.09. The molecule has 0 fully saturated rings. The number of aromatic nitrogens is 5. The van der Waals surface area contributed by atoms with E-state index in [9.17, 15) is 13.6 Å². The van der Waals surface area contributed by atoms with Crippen LogP contribution in [0.2, 0.25) is 5.15 Å². The fraction of sp³-hybridized carbons (Fsp3) is 0.105. The van der Waals surface area contributed by atoms with Gasteiger partial charge in [0.15, 0.2) is 23.1 Å². The van der Waals surface area contributed by atoms with E-state index in [0.29, 0.717) is 16.7 Å². The lowest BCUT2D eigenvalue weighted by molar-refractivity contribution is -0.136. The van der Waals surface area contributed by atoms with Gasteiger partial charge in [-0.15, -0.1) is 0 Å². The molecule has 3 aromatic heterocycles. The molecule has 146 valence electrons. The zero-order valence-electron chi connectivity index (χ0n) is 14.7. The molecular weight excluding hydrogens is 404 g/mol. The number of pyridine rings is 1. The molecule has 0 spiro atoms. The molecule has 1 aromatic carbocycles. The van der Waals surface area contributed by atoms with Gasteiger partial charge in [0, 0.05) is 23.5 Å². The van der Waals surface area contributed by atoms with Crippen LogP contribution in [0.15, 0.2) is 42.7 Å². The molecule has 7 nitrogen and oxygen atoms in total. The van der Waals surface area contributed by atoms with Crippen molar-refractivity contribution >= 4 is 28.6 Å². The van der Waals surface area contributed by atoms with Gasteiger partial charge < -0.3 is 5.11 Å². The first kappa shape index (κ1) is 18.9. The summed E-state index contributed by atoms with van der Waals surface area (Å²) in [5.74, 6) is -2.79. The van der Waals surface area contributed by atoms with E-state index in [2.05, 4.69) is 20.1 Å². The molecule has 4 rings (SSSR count). The molecule has 0 aliphatic rings. The fourth-order valence-corrected chi connectivity index (χ4v) is 3.09. The molecule has 0 unspecified atom stereocenters. The summed E-state index contributed by atoms with van der Waals surface area (Å²) in [4.78, 5) is 23.5. The number of fused-ring (bicyclic) bond motifs is 1. The van der Waals surface area contributed by atoms with Gasteiger partial charge in [-0.25, -0.2) is 28.4 Å². The Balaban J connectivity index is 1.80. The molecule has 4 aromatic rings. The molecule has 0 atom stereocenters. The van der Waals surface area contributed by atoms with Gasteiger partial charge in [-0.2, -0.15) is 5.10 Å². The van der Waals surface area contributed by atoms with E-state index in [0.717, 1.165) is 6.07 Å². The van der Waals surface area contributed by atoms with E-state index in [1.54, 1.807) is 18.3 Å². The highest BCUT2D eigenvalue weighted by Crippen LogP contribution is 2.27. The number of carbonyl (C=O) groups is 1. The van der Waals surface area contributed by atoms with Gasteiger partial charge in [-0.3, -0.25) is 4.79 Å². The minimum Gasteiger partial charge on any atom is -0.481 e. The highest BCUT2D eigenvalue weighted by molar-refractivity contribution is 6.30. The Hall–Kier alpha value is -3.46. The molecular formula is C19H12ClF2N5O2. The van der Waals surface area contributed by atoms with Crippen molar-refractivity contribution in [2.75, 3.05) is 0 Å². The summed E-state index contributed by atoms with van der Waals surface area (Å²) in [6, 6.07) is 7.35. The van der Waals surface area contributed by atoms with Gasteiger partial charge in [0.25, 0.3) is 0 Å². The highest BCUT2D eigenvalue weighted by atomic mass is 35.5. The van der Waals surface area contributed by atoms with Crippen LogP contribution in [0.25, 0.3) is 22.6 Å². The minimum atomic E-state index is -1.06. The van der Waals surface area contributed by atoms with Crippen LogP contribution in [0.5, 0.6) is 0 Å². The van der Waals surface area contributed by atoms with Crippen molar-refractivity contribution in [1.29, 1.82) is 0 Å². The van der Waals surface area contributed by atoms with E-state index in [1.807, 2.05) is 0 Å². The molecule has 0 amide bonds. The second-order valence-corrected chi connectivity index (χ2v) is 6.53. The molecule has 0 saturated carbocycles. The summed E-state index contributed by atoms with van der Waals surface area (Å²) in [5.41, 5.74) is 1.16. The quantitative estimate of drug-likeness (QED) is 0.501. The molecule has 0 bridgehead atoms. The number of carboxylic acids is 1. The summed E-state index contributed by atoms with van der Waals surface area (Å²) in [6.07, 6.45) is 2.57. The lowest BCUT2D eigenvalue weighted by Gasteiger charge is -2.05. The zero-order chi connectivity index (χ0) is 20.5. The number of halogens is 3. The van der Waals surface area contributed by atoms with Crippen molar-refractivity contribution in [2.45, 2.75) is 13.0 Å². The fourth-order valence-electron chi connectivity index (χ4n) is 2.90. The van der Waals surface area contributed by atoms with Crippen LogP contribution in [-0.4, -0.2) is 35.8 Å². The summed E-state index contributed by atoms with van der Waals surface area (Å²) < 4.78 is 29.1. The molecule has 29 heavy (non-hydrogen) atoms. The van der Waals surface area contributed by atoms with Crippen molar-refractivity contribution in [3.63, 3.8) is 0 Å². The summed E-state index contributed by atoms with van der Waals surface area (Å²) in [6.45, 7) is -0.0536. The van der Waals surface area contributed by atoms with Gasteiger partial charge >= 0.3 is 5.97 Å². The van der Waals surface area contributed by atoms with E-state index >= 15 is 0 Å². The normalized spacial score (nSPS) is 11.1. The maximum Gasteiger partial charge on any atom is 0.307 e. The van der Waals surface area contributed by atoms with Crippen LogP contribution in [0.4, 0.5) is 8.78 Å². The van der Waals surface area contributed by atoms with E-state index < -0.39 is 17.6 Å². The average Bonchev–Trinajstić information content (AvgIpc) is 3.05. The van der Waals surface area contributed by atoms with Crippen LogP contribution in [0, 0.1) is 11.6 Å². The number of nitrogens with zero attached hydrogens (tertiary/aromatic N) is 5. The minimum absolute atomic E-state index is 0.000153. The predicted octanol–water partition coefficient (Wildman–Crippen LogP) is 3.50. The predicted molar refractivity (Wildman–Crippen MR) is 100 cm³/mol. The Bertz CT molecular complexity index is 1240. The maximum atomic E-state index is 14.1. The van der Waals surface area contributed by atoms with Gasteiger partial charge in [0.1, 0.15) is 10.8 Å². The van der Waals surface area contributed by atoms with E-state index in [1.165, 1.54) is 23.0 Å². The first-order chi connectivity index (χ1) is 13.9. The number of hydrogen-bond donors (Lipinski definition) is 1. The first-order valence-electron chi connectivity index (χ1n) is 8.42. The summed E-state index contributed by atoms with van der Waals surface area (Å²) in [7, 11) is 0. The average molecular weight is 416 g/mol. The van der Waals surface area contributed by atoms with Crippen LogP contribution in [0.1, 0.15) is 11.1 Å². The Kier molecular flexibility index (Phi) is 4.89. The third kappa shape index (κ3) is 3.64. The van der Waals surface area contributed by atoms with Crippen LogP contribution < -0.4 is 0 Å². The Morgan fingerprint density at radius 2 is 1.97 bits per heavy atom. The number of carboxylic acid groups (broad SMARTS) is 1. The monoisotopic (exact) mass is 415 g/mol. The van der Waals surface area contributed by atoms with Gasteiger partial charge in [0.05, 0.1) is 18.4 Å². The second-order valence-electron chi connectivity index (χ2n) is 6.17. The second kappa shape index (κ2) is 7.51. The van der Waals surface area contributed by atoms with Crippen LogP contribution in [0.3, 0.4) is 0 Å². The van der Waals surface area contributed by atoms with Crippen molar-refractivity contribution in [3.05, 3.63) is 70.6 Å². The van der Waals surface area contributed by atoms with Crippen molar-refractivity contribution in [1.82, 2.24) is 24.7 Å². The van der Waals surface area contributed by atoms with Crippen molar-refractivity contribution in [3.8, 4) is 11.5 Å². The number of aliphatic carboxylic acids is 1. The summed E-state index contributed by atoms with van der Waals surface area (Å²) in [5, 5.41) is 13.9. The zero-order valence-corrected chi connectivity index (χ0v) is 15.4. The molecule has 3 heterocycles. The van der Waals surface area contributed by atoms with Crippen molar-refractivity contribution < 1.29 is 18.7 Å². The third-order valence-corrected chi connectivity index (χ3v) is 4.55. The van der Waals surface area contributed by atoms with Gasteiger partial charge in [0.2, 0.25) is 0 Å². The first-order valence-corrected chi connectivity index (χ1v) is 8.80. The van der Waals surface area contributed by atoms with Crippen molar-refractivity contribution in [2.24, 2.45) is 0 Å². The molecule has 0 aliphatic heterocycles. The topological polar surface area (TPSA) is 93.8 Å². The third-order valence-electron chi connectivity index (χ3n) is 4.22. The Morgan fingerprint density at radius 3 is 2.72 bits per heavy atom. The smallest absolute Gasteiger partial charge is 0.307 e. The number of benzene rings is 1. The molecule has 10 heteroatoms. The number of hydrogen-bond acceptors (Lipinski definition) is 5. The maximum absolute atomic E-state index is 14.1. The Labute approximate surface area is 167 Å². The Morgan fingerprint density at radius 1 is 1.14 bits per heavy atom. The molecule has 0 radical (unpaired) electrons. The SMILES string of the molecule is O=C(O)Cc1cnc(-c2nn(Cc3cccc(F)c3F)c3ncccc23)nc1Cl. The van der Waals surface area contributed by atoms with Gasteiger partial charge in [-0.05, 0) is 18.2 Å². The standard InChI is InChI=1S/C19H12ClF2N5O2/c20-17-11(7-14(28)29)8-24-18(25-17)16-12-4-2-6-23-19(12)27(26-16)9-10-3-1-5-13(21)15(10)22/h1-6,8H,7,9H2,(H,28,29). The largest absolute Gasteiger partial charge is 0.481 e. The van der Waals surface area contributed by atoms with E-state index in [-0.39, 0.29) is 35.1 Å². The van der Waals surface area contributed by atoms with E-state index in [4.69, 9.17) is 16.7 Å². The lowest BCUT2D eigenvalue weighted by atomic mass is 10.2. The molecule has 0 saturated heterocycles. The lowest BCUT2D eigenvalue weighted by Crippen LogP contribution is -2.06. The van der Waals surface area contributed by atoms with Crippen LogP contribution >= 0.6 is 11.6 Å². The molecule has 1 N–H and O–H groups in total. The van der Waals surface area contributed by atoms with Gasteiger partial charge in [-0.1, -0.05) is 23.7 Å². The molecule has 0 aliphatic carbocycles.